The Morgan fingerprint density at radius 3 is 3.05 bits per heavy atom. The van der Waals surface area contributed by atoms with Gasteiger partial charge >= 0.3 is 0 Å². The van der Waals surface area contributed by atoms with Crippen LogP contribution in [0.15, 0.2) is 30.3 Å². The van der Waals surface area contributed by atoms with Crippen molar-refractivity contribution >= 4 is 10.9 Å². The highest BCUT2D eigenvalue weighted by molar-refractivity contribution is 5.82. The summed E-state index contributed by atoms with van der Waals surface area (Å²) in [4.78, 5) is 4.59. The van der Waals surface area contributed by atoms with Crippen molar-refractivity contribution in [2.45, 2.75) is 45.4 Å². The molecule has 3 nitrogen and oxygen atoms in total. The molecule has 0 spiro atoms. The molecule has 0 amide bonds. The lowest BCUT2D eigenvalue weighted by Gasteiger charge is -2.20. The van der Waals surface area contributed by atoms with Crippen LogP contribution in [0.5, 0.6) is 0 Å². The van der Waals surface area contributed by atoms with Crippen LogP contribution >= 0.6 is 0 Å². The first-order valence-corrected chi connectivity index (χ1v) is 7.44. The standard InChI is InChI=1S/C17H22N2O/c1-12-10-14(15-6-3-4-7-16(15)19-12)11-18-13(2)17-8-5-9-20-17/h3-4,6-7,10,13,17-18H,5,8-9,11H2,1-2H3. The van der Waals surface area contributed by atoms with E-state index in [-0.39, 0.29) is 0 Å². The van der Waals surface area contributed by atoms with E-state index >= 15 is 0 Å². The zero-order chi connectivity index (χ0) is 13.9. The van der Waals surface area contributed by atoms with Crippen LogP contribution in [-0.2, 0) is 11.3 Å². The number of pyridine rings is 1. The summed E-state index contributed by atoms with van der Waals surface area (Å²) in [7, 11) is 0. The molecule has 0 radical (unpaired) electrons. The van der Waals surface area contributed by atoms with Gasteiger partial charge in [0.15, 0.2) is 0 Å². The average molecular weight is 270 g/mol. The highest BCUT2D eigenvalue weighted by Gasteiger charge is 2.21. The number of para-hydroxylation sites is 1. The summed E-state index contributed by atoms with van der Waals surface area (Å²) < 4.78 is 5.74. The summed E-state index contributed by atoms with van der Waals surface area (Å²) in [5.74, 6) is 0. The number of nitrogens with one attached hydrogen (secondary N) is 1. The maximum Gasteiger partial charge on any atom is 0.0726 e. The normalized spacial score (nSPS) is 20.4. The molecular weight excluding hydrogens is 248 g/mol. The van der Waals surface area contributed by atoms with E-state index in [1.54, 1.807) is 0 Å². The predicted octanol–water partition coefficient (Wildman–Crippen LogP) is 3.20. The van der Waals surface area contributed by atoms with Crippen LogP contribution in [0.4, 0.5) is 0 Å². The molecular formula is C17H22N2O. The molecule has 1 aromatic carbocycles. The Morgan fingerprint density at radius 2 is 2.25 bits per heavy atom. The smallest absolute Gasteiger partial charge is 0.0726 e. The minimum absolute atomic E-state index is 0.365. The van der Waals surface area contributed by atoms with Crippen LogP contribution in [0.3, 0.4) is 0 Å². The van der Waals surface area contributed by atoms with E-state index in [1.807, 2.05) is 6.07 Å². The van der Waals surface area contributed by atoms with Crippen molar-refractivity contribution < 1.29 is 4.74 Å². The molecule has 2 unspecified atom stereocenters. The second-order valence-electron chi connectivity index (χ2n) is 5.66. The fraction of sp³-hybridized carbons (Fsp3) is 0.471. The molecule has 1 N–H and O–H groups in total. The molecule has 1 aromatic heterocycles. The van der Waals surface area contributed by atoms with Gasteiger partial charge < -0.3 is 10.1 Å². The Morgan fingerprint density at radius 1 is 1.40 bits per heavy atom. The van der Waals surface area contributed by atoms with Crippen LogP contribution < -0.4 is 5.32 Å². The molecule has 1 aliphatic heterocycles. The fourth-order valence-electron chi connectivity index (χ4n) is 2.94. The molecule has 1 aliphatic rings. The number of rotatable bonds is 4. The Kier molecular flexibility index (Phi) is 3.99. The molecule has 2 heterocycles. The lowest BCUT2D eigenvalue weighted by Crippen LogP contribution is -2.36. The van der Waals surface area contributed by atoms with Gasteiger partial charge in [0.2, 0.25) is 0 Å². The Labute approximate surface area is 120 Å². The first kappa shape index (κ1) is 13.5. The van der Waals surface area contributed by atoms with E-state index in [2.05, 4.69) is 48.4 Å². The third-order valence-corrected chi connectivity index (χ3v) is 4.07. The molecule has 2 atom stereocenters. The number of benzene rings is 1. The van der Waals surface area contributed by atoms with Gasteiger partial charge in [-0.15, -0.1) is 0 Å². The van der Waals surface area contributed by atoms with Crippen molar-refractivity contribution in [2.24, 2.45) is 0 Å². The van der Waals surface area contributed by atoms with Gasteiger partial charge in [-0.3, -0.25) is 4.98 Å². The summed E-state index contributed by atoms with van der Waals surface area (Å²) >= 11 is 0. The third-order valence-electron chi connectivity index (χ3n) is 4.07. The van der Waals surface area contributed by atoms with Gasteiger partial charge in [0.05, 0.1) is 11.6 Å². The predicted molar refractivity (Wildman–Crippen MR) is 81.8 cm³/mol. The van der Waals surface area contributed by atoms with Crippen molar-refractivity contribution in [1.82, 2.24) is 10.3 Å². The van der Waals surface area contributed by atoms with Gasteiger partial charge in [0, 0.05) is 30.3 Å². The van der Waals surface area contributed by atoms with Crippen LogP contribution in [0.1, 0.15) is 31.0 Å². The monoisotopic (exact) mass is 270 g/mol. The largest absolute Gasteiger partial charge is 0.377 e. The molecule has 0 bridgehead atoms. The number of aromatic nitrogens is 1. The van der Waals surface area contributed by atoms with Gasteiger partial charge in [-0.25, -0.2) is 0 Å². The maximum atomic E-state index is 5.74. The van der Waals surface area contributed by atoms with Crippen LogP contribution in [0.2, 0.25) is 0 Å². The first-order valence-electron chi connectivity index (χ1n) is 7.44. The van der Waals surface area contributed by atoms with E-state index in [9.17, 15) is 0 Å². The number of hydrogen-bond donors (Lipinski definition) is 1. The minimum atomic E-state index is 0.365. The maximum absolute atomic E-state index is 5.74. The third kappa shape index (κ3) is 2.84. The summed E-state index contributed by atoms with van der Waals surface area (Å²) in [6.07, 6.45) is 2.72. The van der Waals surface area contributed by atoms with E-state index in [0.717, 1.165) is 24.4 Å². The average Bonchev–Trinajstić information content (AvgIpc) is 2.98. The number of aryl methyl sites for hydroxylation is 1. The molecule has 0 aliphatic carbocycles. The Hall–Kier alpha value is -1.45. The van der Waals surface area contributed by atoms with E-state index in [0.29, 0.717) is 12.1 Å². The van der Waals surface area contributed by atoms with Gasteiger partial charge in [0.1, 0.15) is 0 Å². The summed E-state index contributed by atoms with van der Waals surface area (Å²) in [5.41, 5.74) is 3.47. The van der Waals surface area contributed by atoms with Crippen LogP contribution in [-0.4, -0.2) is 23.7 Å². The zero-order valence-electron chi connectivity index (χ0n) is 12.2. The van der Waals surface area contributed by atoms with Gasteiger partial charge in [0.25, 0.3) is 0 Å². The zero-order valence-corrected chi connectivity index (χ0v) is 12.2. The van der Waals surface area contributed by atoms with E-state index in [4.69, 9.17) is 4.74 Å². The topological polar surface area (TPSA) is 34.1 Å². The lowest BCUT2D eigenvalue weighted by molar-refractivity contribution is 0.0832. The summed E-state index contributed by atoms with van der Waals surface area (Å²) in [6, 6.07) is 10.9. The first-order chi connectivity index (χ1) is 9.74. The van der Waals surface area contributed by atoms with Crippen molar-refractivity contribution in [3.05, 3.63) is 41.6 Å². The molecule has 3 rings (SSSR count). The quantitative estimate of drug-likeness (QED) is 0.926. The second-order valence-corrected chi connectivity index (χ2v) is 5.66. The van der Waals surface area contributed by atoms with E-state index in [1.165, 1.54) is 23.8 Å². The fourth-order valence-corrected chi connectivity index (χ4v) is 2.94. The van der Waals surface area contributed by atoms with Gasteiger partial charge in [-0.2, -0.15) is 0 Å². The van der Waals surface area contributed by atoms with E-state index < -0.39 is 0 Å². The highest BCUT2D eigenvalue weighted by atomic mass is 16.5. The number of fused-ring (bicyclic) bond motifs is 1. The molecule has 106 valence electrons. The minimum Gasteiger partial charge on any atom is -0.377 e. The molecule has 0 saturated carbocycles. The van der Waals surface area contributed by atoms with Gasteiger partial charge in [-0.1, -0.05) is 18.2 Å². The van der Waals surface area contributed by atoms with Crippen molar-refractivity contribution in [3.8, 4) is 0 Å². The molecule has 1 fully saturated rings. The number of ether oxygens (including phenoxy) is 1. The van der Waals surface area contributed by atoms with Crippen LogP contribution in [0, 0.1) is 6.92 Å². The van der Waals surface area contributed by atoms with Crippen LogP contribution in [0.25, 0.3) is 10.9 Å². The Balaban J connectivity index is 1.76. The summed E-state index contributed by atoms with van der Waals surface area (Å²) in [5, 5.41) is 4.85. The molecule has 2 aromatic rings. The number of nitrogens with zero attached hydrogens (tertiary/aromatic N) is 1. The molecule has 1 saturated heterocycles. The van der Waals surface area contributed by atoms with Crippen molar-refractivity contribution in [3.63, 3.8) is 0 Å². The molecule has 20 heavy (non-hydrogen) atoms. The Bertz CT molecular complexity index is 591. The number of hydrogen-bond acceptors (Lipinski definition) is 3. The van der Waals surface area contributed by atoms with Crippen molar-refractivity contribution in [1.29, 1.82) is 0 Å². The second kappa shape index (κ2) is 5.90. The van der Waals surface area contributed by atoms with Gasteiger partial charge in [-0.05, 0) is 44.4 Å². The molecule has 3 heteroatoms. The SMILES string of the molecule is Cc1cc(CNC(C)C2CCCO2)c2ccccc2n1. The van der Waals surface area contributed by atoms with Crippen molar-refractivity contribution in [2.75, 3.05) is 6.61 Å². The summed E-state index contributed by atoms with van der Waals surface area (Å²) in [6.45, 7) is 6.05. The highest BCUT2D eigenvalue weighted by Crippen LogP contribution is 2.19. The lowest BCUT2D eigenvalue weighted by atomic mass is 10.1.